The smallest absolute Gasteiger partial charge is 0.341 e. The number of fused-ring (bicyclic) bond motifs is 2. The second kappa shape index (κ2) is 4.36. The number of nitrogens with zero attached hydrogens (tertiary/aromatic N) is 1. The highest BCUT2D eigenvalue weighted by atomic mass is 16.5. The Morgan fingerprint density at radius 1 is 1.48 bits per heavy atom. The van der Waals surface area contributed by atoms with Crippen molar-refractivity contribution in [1.82, 2.24) is 4.98 Å². The van der Waals surface area contributed by atoms with Gasteiger partial charge in [0.1, 0.15) is 11.7 Å². The lowest BCUT2D eigenvalue weighted by molar-refractivity contribution is 0.0259. The van der Waals surface area contributed by atoms with Crippen molar-refractivity contribution < 1.29 is 14.6 Å². The van der Waals surface area contributed by atoms with Crippen LogP contribution in [0.3, 0.4) is 0 Å². The van der Waals surface area contributed by atoms with E-state index in [0.29, 0.717) is 11.6 Å². The van der Waals surface area contributed by atoms with Crippen LogP contribution in [0.5, 0.6) is 5.88 Å². The highest BCUT2D eigenvalue weighted by Crippen LogP contribution is 2.66. The van der Waals surface area contributed by atoms with Gasteiger partial charge in [-0.3, -0.25) is 0 Å². The van der Waals surface area contributed by atoms with Gasteiger partial charge in [0.2, 0.25) is 5.88 Å². The summed E-state index contributed by atoms with van der Waals surface area (Å²) >= 11 is 0. The summed E-state index contributed by atoms with van der Waals surface area (Å²) in [5.74, 6) is -0.238. The molecule has 1 aromatic heterocycles. The number of hydrogen-bond donors (Lipinski definition) is 2. The van der Waals surface area contributed by atoms with Crippen molar-refractivity contribution in [3.8, 4) is 5.88 Å². The number of pyridine rings is 1. The van der Waals surface area contributed by atoms with E-state index in [0.717, 1.165) is 12.8 Å². The minimum atomic E-state index is -1.06. The number of anilines is 1. The Labute approximate surface area is 124 Å². The molecular formula is C16H22N2O3. The topological polar surface area (TPSA) is 85.4 Å². The first kappa shape index (κ1) is 14.2. The van der Waals surface area contributed by atoms with Gasteiger partial charge in [-0.15, -0.1) is 0 Å². The third-order valence-corrected chi connectivity index (χ3v) is 6.07. The van der Waals surface area contributed by atoms with E-state index in [1.807, 2.05) is 0 Å². The van der Waals surface area contributed by atoms with E-state index in [9.17, 15) is 9.90 Å². The molecule has 0 aliphatic heterocycles. The Morgan fingerprint density at radius 3 is 2.71 bits per heavy atom. The minimum Gasteiger partial charge on any atom is -0.477 e. The number of carbonyl (C=O) groups is 1. The second-order valence-corrected chi connectivity index (χ2v) is 7.14. The van der Waals surface area contributed by atoms with Crippen molar-refractivity contribution in [2.45, 2.75) is 46.1 Å². The number of ether oxygens (including phenoxy) is 1. The number of aromatic nitrogens is 1. The lowest BCUT2D eigenvalue weighted by Gasteiger charge is -2.38. The molecule has 21 heavy (non-hydrogen) atoms. The van der Waals surface area contributed by atoms with Gasteiger partial charge >= 0.3 is 5.97 Å². The zero-order valence-corrected chi connectivity index (χ0v) is 12.7. The Balaban J connectivity index is 1.91. The Bertz CT molecular complexity index is 599. The number of aromatic carboxylic acids is 1. The van der Waals surface area contributed by atoms with Crippen LogP contribution in [0.2, 0.25) is 0 Å². The number of carboxylic acid groups (broad SMARTS) is 1. The Kier molecular flexibility index (Phi) is 2.94. The lowest BCUT2D eigenvalue weighted by Crippen LogP contribution is -2.39. The fraction of sp³-hybridized carbons (Fsp3) is 0.625. The predicted octanol–water partition coefficient (Wildman–Crippen LogP) is 2.96. The first-order valence-electron chi connectivity index (χ1n) is 7.41. The van der Waals surface area contributed by atoms with Crippen molar-refractivity contribution in [2.75, 3.05) is 5.73 Å². The van der Waals surface area contributed by atoms with E-state index < -0.39 is 5.97 Å². The fourth-order valence-corrected chi connectivity index (χ4v) is 4.16. The van der Waals surface area contributed by atoms with Gasteiger partial charge in [-0.25, -0.2) is 9.78 Å². The summed E-state index contributed by atoms with van der Waals surface area (Å²) in [6, 6.07) is 1.41. The van der Waals surface area contributed by atoms with Crippen molar-refractivity contribution in [2.24, 2.45) is 16.7 Å². The van der Waals surface area contributed by atoms with E-state index in [1.165, 1.54) is 18.7 Å². The molecule has 2 fully saturated rings. The molecule has 2 saturated carbocycles. The van der Waals surface area contributed by atoms with Crippen molar-refractivity contribution >= 4 is 11.7 Å². The zero-order chi connectivity index (χ0) is 15.4. The molecule has 3 N–H and O–H groups in total. The van der Waals surface area contributed by atoms with E-state index in [1.54, 1.807) is 0 Å². The molecule has 5 nitrogen and oxygen atoms in total. The van der Waals surface area contributed by atoms with Crippen LogP contribution in [0.15, 0.2) is 12.3 Å². The largest absolute Gasteiger partial charge is 0.477 e. The summed E-state index contributed by atoms with van der Waals surface area (Å²) in [6.45, 7) is 6.84. The molecule has 2 bridgehead atoms. The highest BCUT2D eigenvalue weighted by molar-refractivity contribution is 5.91. The van der Waals surface area contributed by atoms with Crippen molar-refractivity contribution in [3.63, 3.8) is 0 Å². The standard InChI is InChI=1S/C16H22N2O3/c1-15(2)9-4-5-16(15,3)12(6-9)21-13-11(14(19)20)7-10(17)8-18-13/h7-9,12H,4-6,17H2,1-3H3,(H,19,20). The molecule has 2 aliphatic rings. The number of hydrogen-bond acceptors (Lipinski definition) is 4. The van der Waals surface area contributed by atoms with Crippen molar-refractivity contribution in [3.05, 3.63) is 17.8 Å². The first-order chi connectivity index (χ1) is 9.75. The van der Waals surface area contributed by atoms with Gasteiger partial charge in [0.25, 0.3) is 0 Å². The molecule has 5 heteroatoms. The molecule has 114 valence electrons. The third kappa shape index (κ3) is 1.90. The highest BCUT2D eigenvalue weighted by Gasteiger charge is 2.62. The van der Waals surface area contributed by atoms with Gasteiger partial charge in [-0.1, -0.05) is 20.8 Å². The van der Waals surface area contributed by atoms with Crippen LogP contribution in [-0.2, 0) is 0 Å². The van der Waals surface area contributed by atoms with Gasteiger partial charge in [0.05, 0.1) is 11.9 Å². The quantitative estimate of drug-likeness (QED) is 0.894. The van der Waals surface area contributed by atoms with Crippen LogP contribution in [0, 0.1) is 16.7 Å². The average molecular weight is 290 g/mol. The van der Waals surface area contributed by atoms with Crippen LogP contribution in [-0.4, -0.2) is 22.2 Å². The monoisotopic (exact) mass is 290 g/mol. The molecule has 2 aliphatic carbocycles. The molecule has 3 atom stereocenters. The Hall–Kier alpha value is -1.78. The number of carboxylic acids is 1. The summed E-state index contributed by atoms with van der Waals surface area (Å²) in [5, 5.41) is 9.29. The molecule has 3 rings (SSSR count). The molecule has 1 aromatic rings. The lowest BCUT2D eigenvalue weighted by atomic mass is 9.70. The molecule has 0 aromatic carbocycles. The zero-order valence-electron chi connectivity index (χ0n) is 12.7. The van der Waals surface area contributed by atoms with Crippen LogP contribution >= 0.6 is 0 Å². The molecule has 0 radical (unpaired) electrons. The molecule has 0 saturated heterocycles. The van der Waals surface area contributed by atoms with E-state index in [2.05, 4.69) is 25.8 Å². The van der Waals surface area contributed by atoms with Crippen molar-refractivity contribution in [1.29, 1.82) is 0 Å². The number of nitrogen functional groups attached to an aromatic ring is 1. The molecule has 0 spiro atoms. The van der Waals surface area contributed by atoms with Gasteiger partial charge in [-0.05, 0) is 36.7 Å². The van der Waals surface area contributed by atoms with E-state index >= 15 is 0 Å². The van der Waals surface area contributed by atoms with Crippen LogP contribution in [0.4, 0.5) is 5.69 Å². The van der Waals surface area contributed by atoms with Gasteiger partial charge < -0.3 is 15.6 Å². The maximum absolute atomic E-state index is 11.3. The SMILES string of the molecule is CC1(C)C2CCC1(C)C(Oc1ncc(N)cc1C(=O)O)C2. The van der Waals surface area contributed by atoms with E-state index in [-0.39, 0.29) is 28.4 Å². The van der Waals surface area contributed by atoms with Gasteiger partial charge in [-0.2, -0.15) is 0 Å². The molecule has 3 unspecified atom stereocenters. The molecule has 1 heterocycles. The van der Waals surface area contributed by atoms with Crippen LogP contribution < -0.4 is 10.5 Å². The van der Waals surface area contributed by atoms with Crippen LogP contribution in [0.1, 0.15) is 50.4 Å². The molecular weight excluding hydrogens is 268 g/mol. The predicted molar refractivity (Wildman–Crippen MR) is 79.3 cm³/mol. The van der Waals surface area contributed by atoms with Gasteiger partial charge in [0, 0.05) is 5.41 Å². The van der Waals surface area contributed by atoms with E-state index in [4.69, 9.17) is 10.5 Å². The normalized spacial score (nSPS) is 33.1. The molecule has 0 amide bonds. The maximum Gasteiger partial charge on any atom is 0.341 e. The summed E-state index contributed by atoms with van der Waals surface area (Å²) < 4.78 is 6.05. The average Bonchev–Trinajstić information content (AvgIpc) is 2.73. The van der Waals surface area contributed by atoms with Crippen LogP contribution in [0.25, 0.3) is 0 Å². The summed E-state index contributed by atoms with van der Waals surface area (Å²) in [6.07, 6.45) is 4.77. The third-order valence-electron chi connectivity index (χ3n) is 6.07. The summed E-state index contributed by atoms with van der Waals surface area (Å²) in [7, 11) is 0. The summed E-state index contributed by atoms with van der Waals surface area (Å²) in [5.41, 5.74) is 6.28. The van der Waals surface area contributed by atoms with Gasteiger partial charge in [0.15, 0.2) is 0 Å². The second-order valence-electron chi connectivity index (χ2n) is 7.14. The number of rotatable bonds is 3. The number of nitrogens with two attached hydrogens (primary N) is 1. The first-order valence-corrected chi connectivity index (χ1v) is 7.41. The Morgan fingerprint density at radius 2 is 2.19 bits per heavy atom. The summed E-state index contributed by atoms with van der Waals surface area (Å²) in [4.78, 5) is 15.4. The fourth-order valence-electron chi connectivity index (χ4n) is 4.16. The maximum atomic E-state index is 11.3. The minimum absolute atomic E-state index is 0.0143.